The Balaban J connectivity index is 2.24. The van der Waals surface area contributed by atoms with Gasteiger partial charge in [0, 0.05) is 25.2 Å². The summed E-state index contributed by atoms with van der Waals surface area (Å²) in [5.74, 6) is 1.80. The first-order valence-corrected chi connectivity index (χ1v) is 7.20. The third kappa shape index (κ3) is 4.86. The van der Waals surface area contributed by atoms with Crippen LogP contribution in [0.1, 0.15) is 20.8 Å². The van der Waals surface area contributed by atoms with Crippen molar-refractivity contribution in [2.75, 3.05) is 48.4 Å². The van der Waals surface area contributed by atoms with Gasteiger partial charge >= 0.3 is 0 Å². The Morgan fingerprint density at radius 3 is 2.48 bits per heavy atom. The highest BCUT2D eigenvalue weighted by molar-refractivity contribution is 5.45. The normalized spacial score (nSPS) is 15.7. The number of nitrogens with one attached hydrogen (secondary N) is 2. The van der Waals surface area contributed by atoms with Gasteiger partial charge in [-0.05, 0) is 20.8 Å². The fourth-order valence-electron chi connectivity index (χ4n) is 1.90. The van der Waals surface area contributed by atoms with Crippen molar-refractivity contribution in [2.45, 2.75) is 26.3 Å². The lowest BCUT2D eigenvalue weighted by atomic mass is 10.1. The number of aromatic nitrogens is 3. The number of rotatable bonds is 5. The molecule has 0 atom stereocenters. The molecule has 1 aliphatic rings. The Bertz CT molecular complexity index is 479. The van der Waals surface area contributed by atoms with Crippen molar-refractivity contribution in [3.8, 4) is 0 Å². The smallest absolute Gasteiger partial charge is 0.232 e. The lowest BCUT2D eigenvalue weighted by Crippen LogP contribution is -2.38. The third-order valence-electron chi connectivity index (χ3n) is 2.81. The molecule has 116 valence electrons. The molecule has 21 heavy (non-hydrogen) atoms. The minimum absolute atomic E-state index is 0.112. The van der Waals surface area contributed by atoms with Crippen molar-refractivity contribution >= 4 is 17.8 Å². The van der Waals surface area contributed by atoms with Crippen LogP contribution in [-0.2, 0) is 4.74 Å². The molecule has 0 unspecified atom stereocenters. The Morgan fingerprint density at radius 2 is 1.86 bits per heavy atom. The van der Waals surface area contributed by atoms with Crippen molar-refractivity contribution in [1.29, 1.82) is 0 Å². The molecule has 1 saturated heterocycles. The van der Waals surface area contributed by atoms with Gasteiger partial charge in [-0.15, -0.1) is 6.58 Å². The molecule has 0 saturated carbocycles. The van der Waals surface area contributed by atoms with Crippen LogP contribution in [0.3, 0.4) is 0 Å². The van der Waals surface area contributed by atoms with E-state index in [1.54, 1.807) is 6.08 Å². The Labute approximate surface area is 125 Å². The van der Waals surface area contributed by atoms with Crippen molar-refractivity contribution < 1.29 is 4.74 Å². The molecular weight excluding hydrogens is 268 g/mol. The number of hydrogen-bond acceptors (Lipinski definition) is 7. The van der Waals surface area contributed by atoms with E-state index in [1.807, 2.05) is 0 Å². The first kappa shape index (κ1) is 15.5. The van der Waals surface area contributed by atoms with E-state index >= 15 is 0 Å². The van der Waals surface area contributed by atoms with E-state index in [0.717, 1.165) is 13.1 Å². The van der Waals surface area contributed by atoms with Gasteiger partial charge in [0.25, 0.3) is 0 Å². The van der Waals surface area contributed by atoms with Crippen molar-refractivity contribution in [2.24, 2.45) is 0 Å². The van der Waals surface area contributed by atoms with E-state index in [4.69, 9.17) is 4.74 Å². The molecule has 1 aliphatic heterocycles. The molecule has 0 aromatic carbocycles. The zero-order valence-corrected chi connectivity index (χ0v) is 13.0. The fraction of sp³-hybridized carbons (Fsp3) is 0.643. The lowest BCUT2D eigenvalue weighted by Gasteiger charge is -2.28. The molecule has 7 heteroatoms. The minimum Gasteiger partial charge on any atom is -0.378 e. The first-order valence-electron chi connectivity index (χ1n) is 7.20. The average Bonchev–Trinajstić information content (AvgIpc) is 2.44. The highest BCUT2D eigenvalue weighted by Gasteiger charge is 2.18. The van der Waals surface area contributed by atoms with Gasteiger partial charge in [-0.3, -0.25) is 0 Å². The highest BCUT2D eigenvalue weighted by atomic mass is 16.5. The maximum absolute atomic E-state index is 5.37. The largest absolute Gasteiger partial charge is 0.378 e. The SMILES string of the molecule is C=CCNc1nc(NC(C)(C)C)nc(N2CCOCC2)n1. The summed E-state index contributed by atoms with van der Waals surface area (Å²) in [4.78, 5) is 15.5. The van der Waals surface area contributed by atoms with Crippen LogP contribution in [0.5, 0.6) is 0 Å². The van der Waals surface area contributed by atoms with Crippen LogP contribution in [0, 0.1) is 0 Å². The molecule has 0 aliphatic carbocycles. The molecule has 0 radical (unpaired) electrons. The molecule has 1 fully saturated rings. The molecule has 2 heterocycles. The second kappa shape index (κ2) is 6.71. The number of anilines is 3. The van der Waals surface area contributed by atoms with Crippen molar-refractivity contribution in [3.63, 3.8) is 0 Å². The number of nitrogens with zero attached hydrogens (tertiary/aromatic N) is 4. The van der Waals surface area contributed by atoms with E-state index in [-0.39, 0.29) is 5.54 Å². The topological polar surface area (TPSA) is 75.2 Å². The van der Waals surface area contributed by atoms with E-state index in [9.17, 15) is 0 Å². The molecule has 0 amide bonds. The molecule has 2 N–H and O–H groups in total. The lowest BCUT2D eigenvalue weighted by molar-refractivity contribution is 0.122. The van der Waals surface area contributed by atoms with Crippen LogP contribution in [0.4, 0.5) is 17.8 Å². The summed E-state index contributed by atoms with van der Waals surface area (Å²) in [6.45, 7) is 13.5. The second-order valence-corrected chi connectivity index (χ2v) is 5.93. The van der Waals surface area contributed by atoms with Crippen molar-refractivity contribution in [3.05, 3.63) is 12.7 Å². The minimum atomic E-state index is -0.112. The predicted octanol–water partition coefficient (Wildman–Crippen LogP) is 1.52. The van der Waals surface area contributed by atoms with Gasteiger partial charge < -0.3 is 20.3 Å². The molecule has 7 nitrogen and oxygen atoms in total. The van der Waals surface area contributed by atoms with Gasteiger partial charge in [0.15, 0.2) is 0 Å². The quantitative estimate of drug-likeness (QED) is 0.797. The Kier molecular flexibility index (Phi) is 4.95. The van der Waals surface area contributed by atoms with E-state index in [2.05, 4.69) is 57.8 Å². The summed E-state index contributed by atoms with van der Waals surface area (Å²) >= 11 is 0. The zero-order valence-electron chi connectivity index (χ0n) is 13.0. The van der Waals surface area contributed by atoms with Gasteiger partial charge in [0.1, 0.15) is 0 Å². The van der Waals surface area contributed by atoms with Gasteiger partial charge in [0.2, 0.25) is 17.8 Å². The van der Waals surface area contributed by atoms with Crippen LogP contribution in [0.25, 0.3) is 0 Å². The molecule has 2 rings (SSSR count). The van der Waals surface area contributed by atoms with E-state index in [0.29, 0.717) is 37.6 Å². The first-order chi connectivity index (χ1) is 9.98. The average molecular weight is 292 g/mol. The van der Waals surface area contributed by atoms with Crippen LogP contribution in [0.15, 0.2) is 12.7 Å². The molecule has 1 aromatic rings. The number of morpholine rings is 1. The fourth-order valence-corrected chi connectivity index (χ4v) is 1.90. The van der Waals surface area contributed by atoms with Gasteiger partial charge in [0.05, 0.1) is 13.2 Å². The van der Waals surface area contributed by atoms with Crippen LogP contribution < -0.4 is 15.5 Å². The zero-order chi connectivity index (χ0) is 15.3. The van der Waals surface area contributed by atoms with Crippen LogP contribution in [0.2, 0.25) is 0 Å². The highest BCUT2D eigenvalue weighted by Crippen LogP contribution is 2.17. The van der Waals surface area contributed by atoms with Gasteiger partial charge in [-0.2, -0.15) is 15.0 Å². The summed E-state index contributed by atoms with van der Waals surface area (Å²) < 4.78 is 5.37. The molecule has 0 bridgehead atoms. The monoisotopic (exact) mass is 292 g/mol. The summed E-state index contributed by atoms with van der Waals surface area (Å²) in [6.07, 6.45) is 1.77. The number of ether oxygens (including phenoxy) is 1. The summed E-state index contributed by atoms with van der Waals surface area (Å²) in [5, 5.41) is 6.41. The summed E-state index contributed by atoms with van der Waals surface area (Å²) in [7, 11) is 0. The second-order valence-electron chi connectivity index (χ2n) is 5.93. The Morgan fingerprint density at radius 1 is 1.19 bits per heavy atom. The molecule has 1 aromatic heterocycles. The molecule has 0 spiro atoms. The maximum atomic E-state index is 5.37. The molecular formula is C14H24N6O. The predicted molar refractivity (Wildman–Crippen MR) is 84.9 cm³/mol. The van der Waals surface area contributed by atoms with Gasteiger partial charge in [-0.1, -0.05) is 6.08 Å². The summed E-state index contributed by atoms with van der Waals surface area (Å²) in [6, 6.07) is 0. The standard InChI is InChI=1S/C14H24N6O/c1-5-6-15-11-16-12(19-14(2,3)4)18-13(17-11)20-7-9-21-10-8-20/h5H,1,6-10H2,2-4H3,(H2,15,16,17,18,19). The van der Waals surface area contributed by atoms with E-state index < -0.39 is 0 Å². The van der Waals surface area contributed by atoms with Crippen LogP contribution in [-0.4, -0.2) is 53.3 Å². The number of hydrogen-bond donors (Lipinski definition) is 2. The summed E-state index contributed by atoms with van der Waals surface area (Å²) in [5.41, 5.74) is -0.112. The van der Waals surface area contributed by atoms with Crippen LogP contribution >= 0.6 is 0 Å². The van der Waals surface area contributed by atoms with Gasteiger partial charge in [-0.25, -0.2) is 0 Å². The maximum Gasteiger partial charge on any atom is 0.232 e. The Hall–Kier alpha value is -1.89. The van der Waals surface area contributed by atoms with E-state index in [1.165, 1.54) is 0 Å². The third-order valence-corrected chi connectivity index (χ3v) is 2.81. The van der Waals surface area contributed by atoms with Crippen molar-refractivity contribution in [1.82, 2.24) is 15.0 Å².